The van der Waals surface area contributed by atoms with Crippen molar-refractivity contribution in [3.8, 4) is 28.5 Å². The number of benzene rings is 4. The third kappa shape index (κ3) is 11.7. The van der Waals surface area contributed by atoms with Gasteiger partial charge < -0.3 is 40.0 Å². The van der Waals surface area contributed by atoms with Gasteiger partial charge >= 0.3 is 0 Å². The van der Waals surface area contributed by atoms with E-state index in [1.165, 1.54) is 11.3 Å². The minimum Gasteiger partial charge on any atom is -0.494 e. The molecule has 1 aliphatic rings. The number of halogens is 2. The fourth-order valence-corrected chi connectivity index (χ4v) is 7.86. The van der Waals surface area contributed by atoms with E-state index in [0.29, 0.717) is 50.7 Å². The smallest absolute Gasteiger partial charge is 0.220 e. The van der Waals surface area contributed by atoms with Crippen LogP contribution in [0.1, 0.15) is 37.7 Å². The van der Waals surface area contributed by atoms with Crippen LogP contribution in [0.25, 0.3) is 44.8 Å². The van der Waals surface area contributed by atoms with Gasteiger partial charge in [-0.2, -0.15) is 0 Å². The van der Waals surface area contributed by atoms with Crippen molar-refractivity contribution in [2.75, 3.05) is 87.6 Å². The van der Waals surface area contributed by atoms with Crippen molar-refractivity contribution in [2.24, 2.45) is 0 Å². The number of fused-ring (bicyclic) bond motifs is 2. The molecule has 2 amide bonds. The van der Waals surface area contributed by atoms with Crippen molar-refractivity contribution in [3.63, 3.8) is 0 Å². The number of nitrogens with one attached hydrogen (secondary N) is 4. The molecule has 0 radical (unpaired) electrons. The second-order valence-corrected chi connectivity index (χ2v) is 16.1. The highest BCUT2D eigenvalue weighted by Crippen LogP contribution is 2.29. The number of unbranched alkanes of at least 4 members (excludes halogenated alkanes) is 1. The van der Waals surface area contributed by atoms with Crippen LogP contribution in [0.3, 0.4) is 0 Å². The number of hydrogen-bond donors (Lipinski definition) is 4. The molecule has 6 aromatic rings. The molecule has 7 rings (SSSR count). The van der Waals surface area contributed by atoms with Crippen LogP contribution < -0.4 is 25.2 Å². The number of amides is 2. The number of ether oxygens (including phenoxy) is 1. The van der Waals surface area contributed by atoms with E-state index in [9.17, 15) is 9.59 Å². The van der Waals surface area contributed by atoms with Crippen molar-refractivity contribution in [1.29, 1.82) is 0 Å². The Balaban J connectivity index is 0.772. The highest BCUT2D eigenvalue weighted by molar-refractivity contribution is 6.18. The number of alkyl halides is 2. The summed E-state index contributed by atoms with van der Waals surface area (Å²) in [5.74, 6) is 3.44. The third-order valence-corrected chi connectivity index (χ3v) is 11.3. The monoisotopic (exact) mass is 851 g/mol. The first-order valence-electron chi connectivity index (χ1n) is 21.0. The standard InChI is InChI=1S/C46H55Cl2N9O3/c1-55-26-28-57(29-27-55)37-15-19-40-42(32-37)54-46(52-40)35-12-18-39-41(31-35)53-45(51-39)34-10-16-38(17-11-34)60-30-3-2-6-43(58)49-22-23-50-44(59)7-4-5-33-8-13-36(14-9-33)56(24-20-47)25-21-48/h8-19,31-32H,2-7,20-30H2,1H3,(H,49,58)(H,50,59)(H,51,53)(H,52,54). The molecule has 12 nitrogen and oxygen atoms in total. The number of rotatable bonds is 21. The molecule has 4 N–H and O–H groups in total. The number of aromatic amines is 2. The van der Waals surface area contributed by atoms with E-state index in [4.69, 9.17) is 37.9 Å². The first-order valence-corrected chi connectivity index (χ1v) is 22.1. The number of aromatic nitrogens is 4. The number of piperazine rings is 1. The zero-order valence-electron chi connectivity index (χ0n) is 34.3. The molecule has 0 aliphatic carbocycles. The maximum Gasteiger partial charge on any atom is 0.220 e. The molecular weight excluding hydrogens is 797 g/mol. The molecule has 0 unspecified atom stereocenters. The molecule has 0 saturated carbocycles. The van der Waals surface area contributed by atoms with E-state index in [-0.39, 0.29) is 11.8 Å². The number of imidazole rings is 2. The number of nitrogens with zero attached hydrogens (tertiary/aromatic N) is 5. The highest BCUT2D eigenvalue weighted by atomic mass is 35.5. The van der Waals surface area contributed by atoms with Crippen LogP contribution in [0, 0.1) is 0 Å². The van der Waals surface area contributed by atoms with Crippen LogP contribution in [0.4, 0.5) is 11.4 Å². The quantitative estimate of drug-likeness (QED) is 0.0430. The Morgan fingerprint density at radius 3 is 2.08 bits per heavy atom. The summed E-state index contributed by atoms with van der Waals surface area (Å²) < 4.78 is 5.96. The number of aryl methyl sites for hydroxylation is 1. The van der Waals surface area contributed by atoms with Gasteiger partial charge in [-0.1, -0.05) is 12.1 Å². The van der Waals surface area contributed by atoms with E-state index in [0.717, 1.165) is 115 Å². The van der Waals surface area contributed by atoms with E-state index in [2.05, 4.69) is 96.9 Å². The Bertz CT molecular complexity index is 2300. The Morgan fingerprint density at radius 1 is 0.717 bits per heavy atom. The zero-order valence-corrected chi connectivity index (χ0v) is 35.8. The summed E-state index contributed by atoms with van der Waals surface area (Å²) in [4.78, 5) is 48.3. The van der Waals surface area contributed by atoms with E-state index in [1.807, 2.05) is 30.3 Å². The van der Waals surface area contributed by atoms with E-state index in [1.54, 1.807) is 0 Å². The topological polar surface area (TPSA) is 135 Å². The second kappa shape index (κ2) is 21.3. The van der Waals surface area contributed by atoms with Crippen molar-refractivity contribution in [2.45, 2.75) is 38.5 Å². The lowest BCUT2D eigenvalue weighted by molar-refractivity contribution is -0.123. The Morgan fingerprint density at radius 2 is 1.37 bits per heavy atom. The summed E-state index contributed by atoms with van der Waals surface area (Å²) in [7, 11) is 2.17. The van der Waals surface area contributed by atoms with Crippen LogP contribution >= 0.6 is 23.2 Å². The molecule has 1 saturated heterocycles. The van der Waals surface area contributed by atoms with Crippen LogP contribution in [0.2, 0.25) is 0 Å². The summed E-state index contributed by atoms with van der Waals surface area (Å²) in [6.45, 7) is 7.00. The van der Waals surface area contributed by atoms with Crippen molar-refractivity contribution < 1.29 is 14.3 Å². The van der Waals surface area contributed by atoms with Gasteiger partial charge in [0.1, 0.15) is 17.4 Å². The maximum absolute atomic E-state index is 12.3. The summed E-state index contributed by atoms with van der Waals surface area (Å²) in [6.07, 6.45) is 3.88. The fraction of sp³-hybridized carbons (Fsp3) is 0.391. The lowest BCUT2D eigenvalue weighted by Gasteiger charge is -2.34. The van der Waals surface area contributed by atoms with Gasteiger partial charge in [-0.15, -0.1) is 23.2 Å². The number of H-pyrrole nitrogens is 2. The number of hydrogen-bond acceptors (Lipinski definition) is 8. The van der Waals surface area contributed by atoms with Crippen molar-refractivity contribution in [1.82, 2.24) is 35.5 Å². The van der Waals surface area contributed by atoms with Gasteiger partial charge in [-0.25, -0.2) is 9.97 Å². The average molecular weight is 853 g/mol. The molecule has 60 heavy (non-hydrogen) atoms. The van der Waals surface area contributed by atoms with Crippen LogP contribution in [0.5, 0.6) is 5.75 Å². The predicted octanol–water partition coefficient (Wildman–Crippen LogP) is 7.61. The number of carbonyl (C=O) groups excluding carboxylic acids is 2. The van der Waals surface area contributed by atoms with Crippen LogP contribution in [-0.4, -0.2) is 114 Å². The molecule has 0 atom stereocenters. The second-order valence-electron chi connectivity index (χ2n) is 15.3. The maximum atomic E-state index is 12.3. The van der Waals surface area contributed by atoms with Crippen LogP contribution in [0.15, 0.2) is 84.9 Å². The lowest BCUT2D eigenvalue weighted by Crippen LogP contribution is -2.44. The Labute approximate surface area is 362 Å². The van der Waals surface area contributed by atoms with Gasteiger partial charge in [0.2, 0.25) is 11.8 Å². The SMILES string of the molecule is CN1CCN(c2ccc3[nH]c(-c4ccc5nc(-c6ccc(OCCCCC(=O)NCCNC(=O)CCCc7ccc(N(CCCl)CCCl)cc7)cc6)[nH]c5c4)nc3c2)CC1. The number of carbonyl (C=O) groups is 2. The number of likely N-dealkylation sites (N-methyl/N-ethyl adjacent to an activating group) is 1. The third-order valence-electron chi connectivity index (χ3n) is 10.9. The average Bonchev–Trinajstić information content (AvgIpc) is 3.90. The summed E-state index contributed by atoms with van der Waals surface area (Å²) >= 11 is 11.8. The first kappa shape index (κ1) is 42.8. The van der Waals surface area contributed by atoms with Gasteiger partial charge in [-0.3, -0.25) is 9.59 Å². The molecule has 1 aliphatic heterocycles. The summed E-state index contributed by atoms with van der Waals surface area (Å²) in [5.41, 5.74) is 9.26. The largest absolute Gasteiger partial charge is 0.494 e. The summed E-state index contributed by atoms with van der Waals surface area (Å²) in [6, 6.07) is 28.9. The lowest BCUT2D eigenvalue weighted by atomic mass is 10.1. The molecule has 1 fully saturated rings. The van der Waals surface area contributed by atoms with Gasteiger partial charge in [0.25, 0.3) is 0 Å². The van der Waals surface area contributed by atoms with Crippen molar-refractivity contribution in [3.05, 3.63) is 90.5 Å². The molecular formula is C46H55Cl2N9O3. The molecule has 4 aromatic carbocycles. The summed E-state index contributed by atoms with van der Waals surface area (Å²) in [5, 5.41) is 5.79. The van der Waals surface area contributed by atoms with Crippen molar-refractivity contribution >= 4 is 68.5 Å². The van der Waals surface area contributed by atoms with Gasteiger partial charge in [-0.05, 0) is 111 Å². The van der Waals surface area contributed by atoms with E-state index < -0.39 is 0 Å². The van der Waals surface area contributed by atoms with Gasteiger partial charge in [0.15, 0.2) is 0 Å². The Kier molecular flexibility index (Phi) is 15.2. The highest BCUT2D eigenvalue weighted by Gasteiger charge is 2.16. The molecule has 3 heterocycles. The molecule has 0 bridgehead atoms. The van der Waals surface area contributed by atoms with Gasteiger partial charge in [0.05, 0.1) is 28.7 Å². The minimum absolute atomic E-state index is 0.0112. The number of anilines is 2. The molecule has 0 spiro atoms. The minimum atomic E-state index is -0.0291. The van der Waals surface area contributed by atoms with Crippen LogP contribution in [-0.2, 0) is 16.0 Å². The van der Waals surface area contributed by atoms with Gasteiger partial charge in [0, 0.05) is 99.5 Å². The zero-order chi connectivity index (χ0) is 41.7. The van der Waals surface area contributed by atoms with E-state index >= 15 is 0 Å². The normalized spacial score (nSPS) is 13.2. The first-order chi connectivity index (χ1) is 29.3. The molecule has 316 valence electrons. The Hall–Kier alpha value is -5.30. The fourth-order valence-electron chi connectivity index (χ4n) is 7.45. The predicted molar refractivity (Wildman–Crippen MR) is 245 cm³/mol. The molecule has 2 aromatic heterocycles. The molecule has 14 heteroatoms.